The minimum absolute atomic E-state index is 0.00273. The zero-order valence-electron chi connectivity index (χ0n) is 11.1. The summed E-state index contributed by atoms with van der Waals surface area (Å²) in [6, 6.07) is 2.68. The Labute approximate surface area is 111 Å². The molecular weight excluding hydrogens is 248 g/mol. The molecule has 0 amide bonds. The third kappa shape index (κ3) is 2.49. The van der Waals surface area contributed by atoms with Crippen LogP contribution >= 0.6 is 0 Å². The molecule has 1 aliphatic carbocycles. The number of ether oxygens (including phenoxy) is 2. The van der Waals surface area contributed by atoms with Gasteiger partial charge in [0.1, 0.15) is 0 Å². The number of nitro groups is 1. The molecule has 0 spiro atoms. The van der Waals surface area contributed by atoms with Crippen LogP contribution in [0.5, 0.6) is 11.5 Å². The Morgan fingerprint density at radius 1 is 1.32 bits per heavy atom. The number of hydrogen-bond donors (Lipinski definition) is 1. The van der Waals surface area contributed by atoms with Crippen LogP contribution in [0.2, 0.25) is 0 Å². The summed E-state index contributed by atoms with van der Waals surface area (Å²) >= 11 is 0. The molecule has 0 radical (unpaired) electrons. The summed E-state index contributed by atoms with van der Waals surface area (Å²) in [5.74, 6) is 1.13. The van der Waals surface area contributed by atoms with Gasteiger partial charge in [0.05, 0.1) is 30.8 Å². The predicted octanol–water partition coefficient (Wildman–Crippen LogP) is 2.41. The quantitative estimate of drug-likeness (QED) is 0.653. The zero-order chi connectivity index (χ0) is 14.0. The van der Waals surface area contributed by atoms with Gasteiger partial charge in [0.2, 0.25) is 0 Å². The monoisotopic (exact) mass is 266 g/mol. The Balaban J connectivity index is 2.46. The first kappa shape index (κ1) is 13.6. The number of nitrogens with two attached hydrogens (primary N) is 1. The number of methoxy groups -OCH3 is 2. The maximum atomic E-state index is 11.2. The number of nitro benzene ring substituents is 1. The summed E-state index contributed by atoms with van der Waals surface area (Å²) in [7, 11) is 2.95. The molecule has 1 aliphatic rings. The molecule has 19 heavy (non-hydrogen) atoms. The summed E-state index contributed by atoms with van der Waals surface area (Å²) < 4.78 is 10.3. The van der Waals surface area contributed by atoms with E-state index in [4.69, 9.17) is 15.2 Å². The van der Waals surface area contributed by atoms with Crippen molar-refractivity contribution in [2.24, 2.45) is 11.7 Å². The Hall–Kier alpha value is -1.82. The molecule has 0 bridgehead atoms. The van der Waals surface area contributed by atoms with Gasteiger partial charge in [-0.25, -0.2) is 0 Å². The van der Waals surface area contributed by atoms with Crippen LogP contribution < -0.4 is 15.2 Å². The molecule has 0 heterocycles. The molecule has 0 saturated heterocycles. The van der Waals surface area contributed by atoms with Crippen LogP contribution in [0.1, 0.15) is 30.9 Å². The fraction of sp³-hybridized carbons (Fsp3) is 0.538. The highest BCUT2D eigenvalue weighted by Gasteiger charge is 2.31. The lowest BCUT2D eigenvalue weighted by molar-refractivity contribution is -0.385. The van der Waals surface area contributed by atoms with Crippen LogP contribution in [0.15, 0.2) is 12.1 Å². The predicted molar refractivity (Wildman–Crippen MR) is 70.5 cm³/mol. The summed E-state index contributed by atoms with van der Waals surface area (Å²) in [4.78, 5) is 10.8. The number of benzene rings is 1. The van der Waals surface area contributed by atoms with E-state index in [2.05, 4.69) is 0 Å². The molecule has 1 atom stereocenters. The van der Waals surface area contributed by atoms with Crippen molar-refractivity contribution in [2.75, 3.05) is 14.2 Å². The van der Waals surface area contributed by atoms with Crippen LogP contribution in [0, 0.1) is 16.0 Å². The zero-order valence-corrected chi connectivity index (χ0v) is 11.1. The maximum absolute atomic E-state index is 11.2. The highest BCUT2D eigenvalue weighted by molar-refractivity contribution is 5.55. The molecule has 2 N–H and O–H groups in total. The van der Waals surface area contributed by atoms with Crippen LogP contribution in [0.3, 0.4) is 0 Å². The molecule has 0 aliphatic heterocycles. The lowest BCUT2D eigenvalue weighted by atomic mass is 9.77. The first-order chi connectivity index (χ1) is 9.08. The Morgan fingerprint density at radius 2 is 1.89 bits per heavy atom. The lowest BCUT2D eigenvalue weighted by Gasteiger charge is -2.31. The molecule has 1 fully saturated rings. The number of rotatable bonds is 5. The third-order valence-corrected chi connectivity index (χ3v) is 3.75. The average molecular weight is 266 g/mol. The number of hydrogen-bond acceptors (Lipinski definition) is 5. The van der Waals surface area contributed by atoms with E-state index < -0.39 is 4.92 Å². The van der Waals surface area contributed by atoms with E-state index >= 15 is 0 Å². The maximum Gasteiger partial charge on any atom is 0.278 e. The summed E-state index contributed by atoms with van der Waals surface area (Å²) in [5.41, 5.74) is 6.67. The first-order valence-electron chi connectivity index (χ1n) is 6.24. The topological polar surface area (TPSA) is 87.6 Å². The van der Waals surface area contributed by atoms with Gasteiger partial charge in [-0.1, -0.05) is 6.42 Å². The van der Waals surface area contributed by atoms with Gasteiger partial charge >= 0.3 is 0 Å². The fourth-order valence-electron chi connectivity index (χ4n) is 2.36. The first-order valence-corrected chi connectivity index (χ1v) is 6.24. The van der Waals surface area contributed by atoms with Crippen LogP contribution in [0.25, 0.3) is 0 Å². The van der Waals surface area contributed by atoms with Gasteiger partial charge < -0.3 is 15.2 Å². The van der Waals surface area contributed by atoms with Crippen LogP contribution in [-0.4, -0.2) is 19.1 Å². The molecule has 1 aromatic rings. The second-order valence-corrected chi connectivity index (χ2v) is 4.74. The van der Waals surface area contributed by atoms with E-state index in [1.807, 2.05) is 0 Å². The van der Waals surface area contributed by atoms with Gasteiger partial charge in [0.15, 0.2) is 11.5 Å². The van der Waals surface area contributed by atoms with Crippen molar-refractivity contribution in [2.45, 2.75) is 25.3 Å². The Morgan fingerprint density at radius 3 is 2.32 bits per heavy atom. The smallest absolute Gasteiger partial charge is 0.278 e. The van der Waals surface area contributed by atoms with E-state index in [0.717, 1.165) is 19.3 Å². The van der Waals surface area contributed by atoms with Crippen molar-refractivity contribution < 1.29 is 14.4 Å². The van der Waals surface area contributed by atoms with Crippen LogP contribution in [0.4, 0.5) is 5.69 Å². The van der Waals surface area contributed by atoms with Crippen molar-refractivity contribution in [3.63, 3.8) is 0 Å². The highest BCUT2D eigenvalue weighted by Crippen LogP contribution is 2.43. The van der Waals surface area contributed by atoms with Crippen molar-refractivity contribution >= 4 is 5.69 Å². The minimum Gasteiger partial charge on any atom is -0.493 e. The molecule has 6 heteroatoms. The normalized spacial score (nSPS) is 16.6. The third-order valence-electron chi connectivity index (χ3n) is 3.75. The van der Waals surface area contributed by atoms with Gasteiger partial charge in [0, 0.05) is 6.04 Å². The summed E-state index contributed by atoms with van der Waals surface area (Å²) in [6.45, 7) is 0. The van der Waals surface area contributed by atoms with Crippen molar-refractivity contribution in [3.8, 4) is 11.5 Å². The fourth-order valence-corrected chi connectivity index (χ4v) is 2.36. The second kappa shape index (κ2) is 5.44. The second-order valence-electron chi connectivity index (χ2n) is 4.74. The van der Waals surface area contributed by atoms with E-state index in [9.17, 15) is 10.1 Å². The molecule has 104 valence electrons. The van der Waals surface area contributed by atoms with Crippen molar-refractivity contribution in [3.05, 3.63) is 27.8 Å². The van der Waals surface area contributed by atoms with Gasteiger partial charge in [-0.3, -0.25) is 10.1 Å². The Bertz CT molecular complexity index is 486. The Kier molecular flexibility index (Phi) is 3.90. The van der Waals surface area contributed by atoms with E-state index in [1.54, 1.807) is 6.07 Å². The molecule has 0 aromatic heterocycles. The molecule has 2 rings (SSSR count). The largest absolute Gasteiger partial charge is 0.493 e. The van der Waals surface area contributed by atoms with Gasteiger partial charge in [-0.2, -0.15) is 0 Å². The lowest BCUT2D eigenvalue weighted by Crippen LogP contribution is -2.27. The molecule has 1 saturated carbocycles. The SMILES string of the molecule is COc1cc([C@H](N)C2CCC2)c([N+](=O)[O-])cc1OC. The summed E-state index contributed by atoms with van der Waals surface area (Å²) in [5, 5.41) is 11.2. The molecular formula is C13H18N2O4. The van der Waals surface area contributed by atoms with E-state index in [0.29, 0.717) is 23.0 Å². The van der Waals surface area contributed by atoms with E-state index in [1.165, 1.54) is 20.3 Å². The molecule has 6 nitrogen and oxygen atoms in total. The van der Waals surface area contributed by atoms with Gasteiger partial charge in [0.25, 0.3) is 5.69 Å². The highest BCUT2D eigenvalue weighted by atomic mass is 16.6. The van der Waals surface area contributed by atoms with Crippen molar-refractivity contribution in [1.82, 2.24) is 0 Å². The molecule has 0 unspecified atom stereocenters. The minimum atomic E-state index is -0.421. The van der Waals surface area contributed by atoms with Gasteiger partial charge in [-0.05, 0) is 24.8 Å². The van der Waals surface area contributed by atoms with Gasteiger partial charge in [-0.15, -0.1) is 0 Å². The average Bonchev–Trinajstić information content (AvgIpc) is 2.34. The summed E-state index contributed by atoms with van der Waals surface area (Å²) in [6.07, 6.45) is 3.18. The molecule has 1 aromatic carbocycles. The standard InChI is InChI=1S/C13H18N2O4/c1-18-11-6-9(13(14)8-4-3-5-8)10(15(16)17)7-12(11)19-2/h6-8,13H,3-5,14H2,1-2H3/t13-/m1/s1. The van der Waals surface area contributed by atoms with Crippen molar-refractivity contribution in [1.29, 1.82) is 0 Å². The number of nitrogens with zero attached hydrogens (tertiary/aromatic N) is 1. The van der Waals surface area contributed by atoms with Crippen LogP contribution in [-0.2, 0) is 0 Å². The van der Waals surface area contributed by atoms with E-state index in [-0.39, 0.29) is 11.7 Å².